The average molecular weight is 709 g/mol. The van der Waals surface area contributed by atoms with E-state index in [9.17, 15) is 2.74 Å². The number of hydrogen-bond donors (Lipinski definition) is 0. The largest absolute Gasteiger partial charge is 0.452 e. The van der Waals surface area contributed by atoms with Gasteiger partial charge in [-0.2, -0.15) is 0 Å². The van der Waals surface area contributed by atoms with Crippen molar-refractivity contribution < 1.29 is 34.6 Å². The average Bonchev–Trinajstić information content (AvgIpc) is 4.08. The van der Waals surface area contributed by atoms with Crippen LogP contribution in [0.5, 0.6) is 0 Å². The van der Waals surface area contributed by atoms with Crippen LogP contribution in [0.25, 0.3) is 107 Å². The van der Waals surface area contributed by atoms with E-state index in [1.165, 1.54) is 6.07 Å². The molecular formula is C46H26N2OS2. The normalized spacial score (nSPS) is 18.0. The van der Waals surface area contributed by atoms with Gasteiger partial charge in [-0.05, 0) is 69.7 Å². The topological polar surface area (TPSA) is 38.9 Å². The molecule has 11 rings (SSSR count). The van der Waals surface area contributed by atoms with Crippen LogP contribution >= 0.6 is 22.7 Å². The van der Waals surface area contributed by atoms with Gasteiger partial charge in [-0.25, -0.2) is 9.97 Å². The first-order chi connectivity index (χ1) is 34.4. The number of aromatic nitrogens is 2. The second-order valence-corrected chi connectivity index (χ2v) is 13.3. The Morgan fingerprint density at radius 3 is 1.76 bits per heavy atom. The number of rotatable bonds is 4. The van der Waals surface area contributed by atoms with Crippen LogP contribution in [0.1, 0.15) is 30.2 Å². The standard InChI is InChI=1S/C46H26N2OS2/c1-3-19-40-34(13-1)36-17-7-15-32(45(36)50-40)29-11-5-9-27(23-29)28-10-6-12-31(24-28)42-44-43(48-26-47-42)38-25-30(21-22-39(38)49-44)33-16-8-18-37-35-14-2-4-20-41(35)51-46(33)37/h1-26H/i1D,2D,3D,4D,5D,6D,7D,8D,9D,10D,11D,12D,13D,14D,15D,16D,17D,18D,19D,20D,23D,24D. The third-order valence-electron chi connectivity index (χ3n) is 8.40. The van der Waals surface area contributed by atoms with Crippen LogP contribution < -0.4 is 0 Å². The highest BCUT2D eigenvalue weighted by molar-refractivity contribution is 7.26. The summed E-state index contributed by atoms with van der Waals surface area (Å²) >= 11 is 1.67. The Hall–Kier alpha value is -6.14. The predicted molar refractivity (Wildman–Crippen MR) is 217 cm³/mol. The molecule has 4 aromatic heterocycles. The minimum atomic E-state index is -0.860. The SMILES string of the molecule is [2H]c1c([2H])c(-c2c([2H])c([2H])c([2H])c(-c3c([2H])c([2H])c([2H])c4c3sc3c([2H])c([2H])c([2H])c([2H])c34)c2[2H])c([2H])c(-c2ncnc3c2oc2ccc(-c4c([2H])c([2H])c([2H])c5c4sc4c([2H])c([2H])c([2H])c([2H])c45)cc23)c1[2H]. The van der Waals surface area contributed by atoms with Crippen molar-refractivity contribution in [1.82, 2.24) is 9.97 Å². The van der Waals surface area contributed by atoms with Crippen LogP contribution in [0.3, 0.4) is 0 Å². The van der Waals surface area contributed by atoms with Crippen molar-refractivity contribution in [2.24, 2.45) is 0 Å². The van der Waals surface area contributed by atoms with E-state index in [0.717, 1.165) is 29.0 Å². The molecule has 0 amide bonds. The van der Waals surface area contributed by atoms with Crippen molar-refractivity contribution in [3.05, 3.63) is 157 Å². The fraction of sp³-hybridized carbons (Fsp3) is 0. The summed E-state index contributed by atoms with van der Waals surface area (Å²) in [7, 11) is 0. The van der Waals surface area contributed by atoms with Crippen molar-refractivity contribution in [2.45, 2.75) is 0 Å². The van der Waals surface area contributed by atoms with E-state index in [2.05, 4.69) is 9.97 Å². The van der Waals surface area contributed by atoms with Gasteiger partial charge >= 0.3 is 0 Å². The second-order valence-electron chi connectivity index (χ2n) is 11.2. The molecule has 0 fully saturated rings. The van der Waals surface area contributed by atoms with E-state index in [4.69, 9.17) is 31.8 Å². The van der Waals surface area contributed by atoms with Gasteiger partial charge in [-0.3, -0.25) is 0 Å². The van der Waals surface area contributed by atoms with E-state index in [1.807, 2.05) is 0 Å². The van der Waals surface area contributed by atoms with Crippen molar-refractivity contribution in [3.8, 4) is 44.6 Å². The highest BCUT2D eigenvalue weighted by Crippen LogP contribution is 2.43. The fourth-order valence-electron chi connectivity index (χ4n) is 6.13. The minimum absolute atomic E-state index is 0.0437. The Morgan fingerprint density at radius 1 is 0.490 bits per heavy atom. The maximum Gasteiger partial charge on any atom is 0.180 e. The molecular weight excluding hydrogens is 661 g/mol. The van der Waals surface area contributed by atoms with Crippen LogP contribution in [-0.4, -0.2) is 9.97 Å². The molecule has 5 heteroatoms. The first-order valence-electron chi connectivity index (χ1n) is 26.2. The lowest BCUT2D eigenvalue weighted by Crippen LogP contribution is -1.88. The fourth-order valence-corrected chi connectivity index (χ4v) is 8.29. The highest BCUT2D eigenvalue weighted by atomic mass is 32.1. The Kier molecular flexibility index (Phi) is 3.20. The quantitative estimate of drug-likeness (QED) is 0.183. The summed E-state index contributed by atoms with van der Waals surface area (Å²) < 4.78 is 201. The van der Waals surface area contributed by atoms with E-state index in [1.54, 1.807) is 12.1 Å². The first-order valence-corrected chi connectivity index (χ1v) is 16.8. The molecule has 51 heavy (non-hydrogen) atoms. The van der Waals surface area contributed by atoms with Crippen LogP contribution in [0.4, 0.5) is 0 Å². The summed E-state index contributed by atoms with van der Waals surface area (Å²) in [4.78, 5) is 8.79. The molecule has 238 valence electrons. The summed E-state index contributed by atoms with van der Waals surface area (Å²) in [5, 5.41) is 0.0854. The third kappa shape index (κ3) is 4.49. The van der Waals surface area contributed by atoms with E-state index >= 15 is 0 Å². The molecule has 0 aliphatic heterocycles. The lowest BCUT2D eigenvalue weighted by atomic mass is 9.96. The molecule has 11 aromatic rings. The van der Waals surface area contributed by atoms with Gasteiger partial charge < -0.3 is 4.42 Å². The van der Waals surface area contributed by atoms with Gasteiger partial charge in [-0.15, -0.1) is 22.7 Å². The molecule has 0 bridgehead atoms. The van der Waals surface area contributed by atoms with Gasteiger partial charge in [-0.1, -0.05) is 115 Å². The molecule has 3 nitrogen and oxygen atoms in total. The number of furan rings is 1. The number of fused-ring (bicyclic) bond motifs is 9. The van der Waals surface area contributed by atoms with Gasteiger partial charge in [0.15, 0.2) is 5.58 Å². The van der Waals surface area contributed by atoms with Crippen molar-refractivity contribution >= 4 is 85.1 Å². The van der Waals surface area contributed by atoms with E-state index in [-0.39, 0.29) is 91.3 Å². The lowest BCUT2D eigenvalue weighted by molar-refractivity contribution is 0.667. The minimum Gasteiger partial charge on any atom is -0.452 e. The zero-order valence-electron chi connectivity index (χ0n) is 47.4. The molecule has 7 aromatic carbocycles. The van der Waals surface area contributed by atoms with Gasteiger partial charge in [0.1, 0.15) is 23.1 Å². The van der Waals surface area contributed by atoms with Crippen molar-refractivity contribution in [2.75, 3.05) is 0 Å². The summed E-state index contributed by atoms with van der Waals surface area (Å²) in [6.45, 7) is 0. The molecule has 0 radical (unpaired) electrons. The summed E-state index contributed by atoms with van der Waals surface area (Å²) in [6, 6.07) is -9.00. The van der Waals surface area contributed by atoms with Crippen LogP contribution in [-0.2, 0) is 0 Å². The van der Waals surface area contributed by atoms with Crippen molar-refractivity contribution in [1.29, 1.82) is 0 Å². The predicted octanol–water partition coefficient (Wildman–Crippen LogP) is 13.8. The maximum absolute atomic E-state index is 9.61. The number of nitrogens with zero attached hydrogens (tertiary/aromatic N) is 2. The molecule has 0 unspecified atom stereocenters. The maximum atomic E-state index is 9.61. The van der Waals surface area contributed by atoms with Gasteiger partial charge in [0.05, 0.1) is 30.2 Å². The Bertz CT molecular complexity index is 4430. The van der Waals surface area contributed by atoms with E-state index in [0.29, 0.717) is 5.56 Å². The Morgan fingerprint density at radius 2 is 1.06 bits per heavy atom. The molecule has 0 aliphatic rings. The molecule has 0 spiro atoms. The molecule has 0 saturated carbocycles. The first kappa shape index (κ1) is 14.6. The second kappa shape index (κ2) is 11.2. The van der Waals surface area contributed by atoms with Crippen LogP contribution in [0.15, 0.2) is 162 Å². The Labute approximate surface area is 331 Å². The Balaban J connectivity index is 1.15. The zero-order chi connectivity index (χ0) is 52.6. The van der Waals surface area contributed by atoms with Crippen molar-refractivity contribution in [3.63, 3.8) is 0 Å². The zero-order valence-corrected chi connectivity index (χ0v) is 27.1. The monoisotopic (exact) mass is 708 g/mol. The van der Waals surface area contributed by atoms with Crippen LogP contribution in [0, 0.1) is 0 Å². The highest BCUT2D eigenvalue weighted by Gasteiger charge is 2.18. The smallest absolute Gasteiger partial charge is 0.180 e. The molecule has 0 N–H and O–H groups in total. The molecule has 0 atom stereocenters. The molecule has 0 aliphatic carbocycles. The number of hydrogen-bond acceptors (Lipinski definition) is 5. The number of thiophene rings is 2. The van der Waals surface area contributed by atoms with Gasteiger partial charge in [0.2, 0.25) is 0 Å². The van der Waals surface area contributed by atoms with Crippen LogP contribution in [0.2, 0.25) is 0 Å². The number of benzene rings is 7. The molecule has 0 saturated heterocycles. The summed E-state index contributed by atoms with van der Waals surface area (Å²) in [5.41, 5.74) is -2.30. The third-order valence-corrected chi connectivity index (χ3v) is 10.6. The molecule has 4 heterocycles. The van der Waals surface area contributed by atoms with E-state index < -0.39 is 143 Å². The van der Waals surface area contributed by atoms with Gasteiger partial charge in [0, 0.05) is 51.3 Å². The lowest BCUT2D eigenvalue weighted by Gasteiger charge is -2.09. The summed E-state index contributed by atoms with van der Waals surface area (Å²) in [6.07, 6.45) is 1.08. The summed E-state index contributed by atoms with van der Waals surface area (Å²) in [5.74, 6) is 0. The van der Waals surface area contributed by atoms with Gasteiger partial charge in [0.25, 0.3) is 0 Å².